The molecule has 0 saturated heterocycles. The first-order chi connectivity index (χ1) is 15.9. The maximum Gasteiger partial charge on any atom is 0.407 e. The van der Waals surface area contributed by atoms with Gasteiger partial charge in [0.05, 0.1) is 13.0 Å². The summed E-state index contributed by atoms with van der Waals surface area (Å²) >= 11 is 0. The fourth-order valence-corrected chi connectivity index (χ4v) is 4.01. The quantitative estimate of drug-likeness (QED) is 0.481. The Hall–Kier alpha value is -4.07. The van der Waals surface area contributed by atoms with Gasteiger partial charge in [-0.25, -0.2) is 4.79 Å². The molecule has 1 aliphatic carbocycles. The third-order valence-corrected chi connectivity index (χ3v) is 5.49. The molecule has 4 rings (SSSR count). The number of alkyl carbamates (subject to hydrolysis) is 1. The molecule has 170 valence electrons. The topological polar surface area (TPSA) is 118 Å². The lowest BCUT2D eigenvalue weighted by molar-refractivity contribution is -0.137. The molecule has 1 heterocycles. The van der Waals surface area contributed by atoms with E-state index in [0.717, 1.165) is 22.3 Å². The van der Waals surface area contributed by atoms with Crippen LogP contribution in [0.3, 0.4) is 0 Å². The lowest BCUT2D eigenvalue weighted by atomic mass is 9.98. The Morgan fingerprint density at radius 1 is 1.00 bits per heavy atom. The Labute approximate surface area is 190 Å². The highest BCUT2D eigenvalue weighted by atomic mass is 16.5. The number of rotatable bonds is 8. The molecule has 0 aliphatic heterocycles. The Balaban J connectivity index is 1.30. The third kappa shape index (κ3) is 5.06. The van der Waals surface area contributed by atoms with E-state index >= 15 is 0 Å². The van der Waals surface area contributed by atoms with E-state index < -0.39 is 24.0 Å². The van der Waals surface area contributed by atoms with Gasteiger partial charge in [0, 0.05) is 12.0 Å². The van der Waals surface area contributed by atoms with Crippen molar-refractivity contribution in [2.45, 2.75) is 31.8 Å². The van der Waals surface area contributed by atoms with Crippen LogP contribution in [0.4, 0.5) is 4.79 Å². The molecular formula is C25H24N2O6. The summed E-state index contributed by atoms with van der Waals surface area (Å²) in [4.78, 5) is 35.1. The predicted molar refractivity (Wildman–Crippen MR) is 120 cm³/mol. The van der Waals surface area contributed by atoms with Crippen molar-refractivity contribution in [2.24, 2.45) is 0 Å². The SMILES string of the molecule is C[C@@H](CC(=O)O)NC(=O)c1ccc(CNC(=O)OCC2c3ccccc3-c3ccccc32)o1. The summed E-state index contributed by atoms with van der Waals surface area (Å²) in [6.07, 6.45) is -0.780. The molecule has 0 unspecified atom stereocenters. The number of carbonyl (C=O) groups excluding carboxylic acids is 2. The smallest absolute Gasteiger partial charge is 0.407 e. The van der Waals surface area contributed by atoms with Crippen molar-refractivity contribution in [2.75, 3.05) is 6.61 Å². The molecule has 2 aromatic carbocycles. The molecule has 33 heavy (non-hydrogen) atoms. The van der Waals surface area contributed by atoms with E-state index in [0.29, 0.717) is 5.76 Å². The van der Waals surface area contributed by atoms with Gasteiger partial charge in [-0.1, -0.05) is 48.5 Å². The number of fused-ring (bicyclic) bond motifs is 3. The van der Waals surface area contributed by atoms with Gasteiger partial charge in [0.25, 0.3) is 5.91 Å². The minimum atomic E-state index is -1.00. The van der Waals surface area contributed by atoms with Gasteiger partial charge in [0.2, 0.25) is 0 Å². The summed E-state index contributed by atoms with van der Waals surface area (Å²) in [5, 5.41) is 14.0. The number of amides is 2. The zero-order valence-corrected chi connectivity index (χ0v) is 18.0. The zero-order chi connectivity index (χ0) is 23.4. The summed E-state index contributed by atoms with van der Waals surface area (Å²) in [5.74, 6) is -1.14. The number of furan rings is 1. The van der Waals surface area contributed by atoms with Gasteiger partial charge in [-0.05, 0) is 41.3 Å². The molecule has 1 atom stereocenters. The van der Waals surface area contributed by atoms with Crippen LogP contribution in [0.15, 0.2) is 65.1 Å². The van der Waals surface area contributed by atoms with Crippen LogP contribution in [0.2, 0.25) is 0 Å². The first-order valence-corrected chi connectivity index (χ1v) is 10.6. The molecule has 3 N–H and O–H groups in total. The van der Waals surface area contributed by atoms with Gasteiger partial charge in [-0.3, -0.25) is 9.59 Å². The summed E-state index contributed by atoms with van der Waals surface area (Å²) in [6, 6.07) is 18.7. The van der Waals surface area contributed by atoms with Crippen molar-refractivity contribution in [3.05, 3.63) is 83.3 Å². The lowest BCUT2D eigenvalue weighted by Gasteiger charge is -2.14. The maximum atomic E-state index is 12.3. The van der Waals surface area contributed by atoms with Gasteiger partial charge >= 0.3 is 12.1 Å². The summed E-state index contributed by atoms with van der Waals surface area (Å²) in [7, 11) is 0. The molecule has 0 radical (unpaired) electrons. The van der Waals surface area contributed by atoms with Gasteiger partial charge in [-0.2, -0.15) is 0 Å². The number of carboxylic acids is 1. The number of hydrogen-bond donors (Lipinski definition) is 3. The van der Waals surface area contributed by atoms with E-state index in [2.05, 4.69) is 22.8 Å². The van der Waals surface area contributed by atoms with Gasteiger partial charge in [-0.15, -0.1) is 0 Å². The Morgan fingerprint density at radius 3 is 2.27 bits per heavy atom. The van der Waals surface area contributed by atoms with Crippen LogP contribution in [-0.4, -0.2) is 35.7 Å². The normalized spacial score (nSPS) is 13.0. The van der Waals surface area contributed by atoms with Crippen LogP contribution in [0, 0.1) is 0 Å². The molecule has 0 saturated carbocycles. The van der Waals surface area contributed by atoms with E-state index in [1.165, 1.54) is 6.07 Å². The van der Waals surface area contributed by atoms with E-state index in [4.69, 9.17) is 14.3 Å². The Kier molecular flexibility index (Phi) is 6.44. The van der Waals surface area contributed by atoms with Crippen molar-refractivity contribution in [1.82, 2.24) is 10.6 Å². The van der Waals surface area contributed by atoms with Crippen molar-refractivity contribution in [1.29, 1.82) is 0 Å². The number of carboxylic acid groups (broad SMARTS) is 1. The first-order valence-electron chi connectivity index (χ1n) is 10.6. The van der Waals surface area contributed by atoms with Crippen LogP contribution >= 0.6 is 0 Å². The molecule has 3 aromatic rings. The Bertz CT molecular complexity index is 1140. The number of aliphatic carboxylic acids is 1. The molecule has 0 bridgehead atoms. The van der Waals surface area contributed by atoms with Crippen molar-refractivity contribution < 1.29 is 28.6 Å². The molecular weight excluding hydrogens is 424 g/mol. The highest BCUT2D eigenvalue weighted by Crippen LogP contribution is 2.44. The van der Waals surface area contributed by atoms with Crippen LogP contribution < -0.4 is 10.6 Å². The minimum Gasteiger partial charge on any atom is -0.481 e. The summed E-state index contributed by atoms with van der Waals surface area (Å²) in [6.45, 7) is 1.84. The van der Waals surface area contributed by atoms with E-state index in [1.807, 2.05) is 36.4 Å². The van der Waals surface area contributed by atoms with Gasteiger partial charge in [0.15, 0.2) is 5.76 Å². The molecule has 0 fully saturated rings. The number of nitrogens with one attached hydrogen (secondary N) is 2. The van der Waals surface area contributed by atoms with E-state index in [1.54, 1.807) is 13.0 Å². The average Bonchev–Trinajstić information content (AvgIpc) is 3.39. The number of ether oxygens (including phenoxy) is 1. The highest BCUT2D eigenvalue weighted by molar-refractivity contribution is 5.92. The predicted octanol–water partition coefficient (Wildman–Crippen LogP) is 3.91. The van der Waals surface area contributed by atoms with Crippen LogP contribution in [0.1, 0.15) is 46.7 Å². The molecule has 1 aromatic heterocycles. The lowest BCUT2D eigenvalue weighted by Crippen LogP contribution is -2.33. The zero-order valence-electron chi connectivity index (χ0n) is 18.0. The van der Waals surface area contributed by atoms with Crippen molar-refractivity contribution >= 4 is 18.0 Å². The standard InChI is InChI=1S/C25H24N2O6/c1-15(12-23(28)29)27-24(30)22-11-10-16(33-22)13-26-25(31)32-14-21-19-8-4-2-6-17(19)18-7-3-5-9-20(18)21/h2-11,15,21H,12-14H2,1H3,(H,26,31)(H,27,30)(H,28,29)/t15-/m0/s1. The molecule has 8 nitrogen and oxygen atoms in total. The first kappa shape index (κ1) is 22.1. The summed E-state index contributed by atoms with van der Waals surface area (Å²) < 4.78 is 10.9. The fourth-order valence-electron chi connectivity index (χ4n) is 4.01. The molecule has 2 amide bonds. The van der Waals surface area contributed by atoms with Crippen molar-refractivity contribution in [3.8, 4) is 11.1 Å². The maximum absolute atomic E-state index is 12.3. The largest absolute Gasteiger partial charge is 0.481 e. The number of hydrogen-bond acceptors (Lipinski definition) is 5. The van der Waals surface area contributed by atoms with Crippen LogP contribution in [0.5, 0.6) is 0 Å². The van der Waals surface area contributed by atoms with Crippen molar-refractivity contribution in [3.63, 3.8) is 0 Å². The monoisotopic (exact) mass is 448 g/mol. The van der Waals surface area contributed by atoms with Gasteiger partial charge < -0.3 is 24.9 Å². The van der Waals surface area contributed by atoms with E-state index in [9.17, 15) is 14.4 Å². The second kappa shape index (κ2) is 9.60. The van der Waals surface area contributed by atoms with Gasteiger partial charge in [0.1, 0.15) is 12.4 Å². The third-order valence-electron chi connectivity index (χ3n) is 5.49. The second-order valence-electron chi connectivity index (χ2n) is 7.92. The summed E-state index contributed by atoms with van der Waals surface area (Å²) in [5.41, 5.74) is 4.57. The molecule has 8 heteroatoms. The number of carbonyl (C=O) groups is 3. The fraction of sp³-hybridized carbons (Fsp3) is 0.240. The molecule has 1 aliphatic rings. The van der Waals surface area contributed by atoms with E-state index in [-0.39, 0.29) is 31.3 Å². The Morgan fingerprint density at radius 2 is 1.64 bits per heavy atom. The number of benzene rings is 2. The molecule has 0 spiro atoms. The second-order valence-corrected chi connectivity index (χ2v) is 7.92. The average molecular weight is 448 g/mol. The highest BCUT2D eigenvalue weighted by Gasteiger charge is 2.29. The van der Waals surface area contributed by atoms with Crippen LogP contribution in [0.25, 0.3) is 11.1 Å². The van der Waals surface area contributed by atoms with Crippen LogP contribution in [-0.2, 0) is 16.1 Å². The minimum absolute atomic E-state index is 0.0325.